The van der Waals surface area contributed by atoms with Gasteiger partial charge < -0.3 is 10.2 Å². The lowest BCUT2D eigenvalue weighted by Crippen LogP contribution is -2.38. The normalized spacial score (nSPS) is 13.6. The predicted molar refractivity (Wildman–Crippen MR) is 80.7 cm³/mol. The van der Waals surface area contributed by atoms with Crippen molar-refractivity contribution in [3.05, 3.63) is 40.8 Å². The molecule has 0 spiro atoms. The number of nitrogen functional groups attached to an aromatic ring is 1. The number of nitrogens with zero attached hydrogens (tertiary/aromatic N) is 3. The summed E-state index contributed by atoms with van der Waals surface area (Å²) in [6.07, 6.45) is 3.09. The molecule has 7 nitrogen and oxygen atoms in total. The lowest BCUT2D eigenvalue weighted by Gasteiger charge is -2.29. The van der Waals surface area contributed by atoms with Crippen molar-refractivity contribution in [3.63, 3.8) is 0 Å². The highest BCUT2D eigenvalue weighted by Gasteiger charge is 2.26. The van der Waals surface area contributed by atoms with Gasteiger partial charge in [-0.05, 0) is 18.2 Å². The van der Waals surface area contributed by atoms with Gasteiger partial charge in [-0.15, -0.1) is 0 Å². The molecule has 0 aliphatic carbocycles. The van der Waals surface area contributed by atoms with Gasteiger partial charge in [-0.1, -0.05) is 15.9 Å². The first kappa shape index (κ1) is 13.8. The van der Waals surface area contributed by atoms with Gasteiger partial charge in [-0.3, -0.25) is 14.7 Å². The Morgan fingerprint density at radius 1 is 1.38 bits per heavy atom. The molecule has 0 saturated carbocycles. The zero-order valence-electron chi connectivity index (χ0n) is 10.9. The standard InChI is InChI=1S/C13H12BrN5O2/c14-8-1-2-11-10(3-8)19(13(20)7-21-11)6-9-4-17-12(18-15)5-16-9/h1-5H,6-7,15H2,(H,17,18). The van der Waals surface area contributed by atoms with Gasteiger partial charge in [0.1, 0.15) is 5.75 Å². The lowest BCUT2D eigenvalue weighted by molar-refractivity contribution is -0.121. The highest BCUT2D eigenvalue weighted by molar-refractivity contribution is 9.10. The first-order valence-electron chi connectivity index (χ1n) is 6.17. The second kappa shape index (κ2) is 5.66. The maximum Gasteiger partial charge on any atom is 0.265 e. The maximum absolute atomic E-state index is 12.1. The minimum absolute atomic E-state index is 0.0184. The Kier molecular flexibility index (Phi) is 3.72. The fourth-order valence-electron chi connectivity index (χ4n) is 2.02. The number of aromatic nitrogens is 2. The Labute approximate surface area is 129 Å². The van der Waals surface area contributed by atoms with E-state index in [0.717, 1.165) is 4.47 Å². The number of amides is 1. The van der Waals surface area contributed by atoms with Gasteiger partial charge in [0, 0.05) is 4.47 Å². The number of benzene rings is 1. The van der Waals surface area contributed by atoms with Crippen LogP contribution in [0, 0.1) is 0 Å². The highest BCUT2D eigenvalue weighted by Crippen LogP contribution is 2.35. The smallest absolute Gasteiger partial charge is 0.265 e. The molecule has 1 aliphatic rings. The average molecular weight is 350 g/mol. The second-order valence-corrected chi connectivity index (χ2v) is 5.33. The second-order valence-electron chi connectivity index (χ2n) is 4.42. The third-order valence-corrected chi connectivity index (χ3v) is 3.53. The van der Waals surface area contributed by atoms with Crippen LogP contribution in [-0.4, -0.2) is 22.5 Å². The summed E-state index contributed by atoms with van der Waals surface area (Å²) in [4.78, 5) is 22.0. The van der Waals surface area contributed by atoms with Crippen molar-refractivity contribution >= 4 is 33.3 Å². The van der Waals surface area contributed by atoms with Crippen molar-refractivity contribution in [3.8, 4) is 5.75 Å². The van der Waals surface area contributed by atoms with E-state index < -0.39 is 0 Å². The summed E-state index contributed by atoms with van der Waals surface area (Å²) in [5.41, 5.74) is 3.78. The van der Waals surface area contributed by atoms with Crippen molar-refractivity contribution in [1.82, 2.24) is 9.97 Å². The number of rotatable bonds is 3. The topological polar surface area (TPSA) is 93.4 Å². The first-order valence-corrected chi connectivity index (χ1v) is 6.97. The van der Waals surface area contributed by atoms with Crippen molar-refractivity contribution in [2.75, 3.05) is 16.9 Å². The Hall–Kier alpha value is -2.19. The Bertz CT molecular complexity index is 677. The van der Waals surface area contributed by atoms with E-state index in [4.69, 9.17) is 10.6 Å². The third kappa shape index (κ3) is 2.81. The van der Waals surface area contributed by atoms with Crippen molar-refractivity contribution in [1.29, 1.82) is 0 Å². The van der Waals surface area contributed by atoms with E-state index in [1.165, 1.54) is 6.20 Å². The van der Waals surface area contributed by atoms with E-state index in [9.17, 15) is 4.79 Å². The molecule has 3 N–H and O–H groups in total. The average Bonchev–Trinajstić information content (AvgIpc) is 2.51. The van der Waals surface area contributed by atoms with Crippen LogP contribution in [0.2, 0.25) is 0 Å². The summed E-state index contributed by atoms with van der Waals surface area (Å²) < 4.78 is 6.29. The van der Waals surface area contributed by atoms with Crippen molar-refractivity contribution in [2.45, 2.75) is 6.54 Å². The highest BCUT2D eigenvalue weighted by atomic mass is 79.9. The summed E-state index contributed by atoms with van der Waals surface area (Å²) in [5.74, 6) is 6.27. The monoisotopic (exact) mass is 349 g/mol. The molecule has 0 atom stereocenters. The number of anilines is 2. The molecular formula is C13H12BrN5O2. The van der Waals surface area contributed by atoms with Crippen molar-refractivity contribution < 1.29 is 9.53 Å². The van der Waals surface area contributed by atoms with Gasteiger partial charge in [0.2, 0.25) is 0 Å². The molecule has 8 heteroatoms. The van der Waals surface area contributed by atoms with E-state index in [1.54, 1.807) is 11.1 Å². The SMILES string of the molecule is NNc1cnc(CN2C(=O)COc3ccc(Br)cc32)cn1. The van der Waals surface area contributed by atoms with E-state index in [1.807, 2.05) is 18.2 Å². The van der Waals surface area contributed by atoms with Crippen LogP contribution in [0.3, 0.4) is 0 Å². The van der Waals surface area contributed by atoms with Crippen LogP contribution in [0.25, 0.3) is 0 Å². The fraction of sp³-hybridized carbons (Fsp3) is 0.154. The largest absolute Gasteiger partial charge is 0.482 e. The van der Waals surface area contributed by atoms with E-state index >= 15 is 0 Å². The minimum Gasteiger partial charge on any atom is -0.482 e. The summed E-state index contributed by atoms with van der Waals surface area (Å²) in [5, 5.41) is 0. The van der Waals surface area contributed by atoms with E-state index in [0.29, 0.717) is 29.5 Å². The molecule has 1 aliphatic heterocycles. The summed E-state index contributed by atoms with van der Waals surface area (Å²) in [6.45, 7) is 0.341. The molecule has 0 unspecified atom stereocenters. The summed E-state index contributed by atoms with van der Waals surface area (Å²) in [6, 6.07) is 5.54. The molecule has 21 heavy (non-hydrogen) atoms. The van der Waals surface area contributed by atoms with E-state index in [-0.39, 0.29) is 12.5 Å². The zero-order chi connectivity index (χ0) is 14.8. The van der Waals surface area contributed by atoms with Gasteiger partial charge in [0.05, 0.1) is 30.3 Å². The number of carbonyl (C=O) groups excluding carboxylic acids is 1. The molecule has 1 aromatic carbocycles. The first-order chi connectivity index (χ1) is 10.2. The molecule has 0 fully saturated rings. The van der Waals surface area contributed by atoms with Gasteiger partial charge in [-0.25, -0.2) is 10.8 Å². The molecular weight excluding hydrogens is 338 g/mol. The molecule has 2 aromatic rings. The van der Waals surface area contributed by atoms with Crippen LogP contribution < -0.4 is 20.9 Å². The molecule has 1 aromatic heterocycles. The van der Waals surface area contributed by atoms with Crippen LogP contribution in [-0.2, 0) is 11.3 Å². The molecule has 108 valence electrons. The van der Waals surface area contributed by atoms with Crippen LogP contribution in [0.1, 0.15) is 5.69 Å². The summed E-state index contributed by atoms with van der Waals surface area (Å²) >= 11 is 3.40. The molecule has 0 bridgehead atoms. The number of nitrogens with one attached hydrogen (secondary N) is 1. The molecule has 0 saturated heterocycles. The Balaban J connectivity index is 1.90. The minimum atomic E-state index is -0.122. The lowest BCUT2D eigenvalue weighted by atomic mass is 10.2. The number of fused-ring (bicyclic) bond motifs is 1. The van der Waals surface area contributed by atoms with Crippen LogP contribution in [0.4, 0.5) is 11.5 Å². The number of hydrogen-bond acceptors (Lipinski definition) is 6. The van der Waals surface area contributed by atoms with Gasteiger partial charge in [0.15, 0.2) is 12.4 Å². The quantitative estimate of drug-likeness (QED) is 0.643. The molecule has 3 rings (SSSR count). The Morgan fingerprint density at radius 2 is 2.24 bits per heavy atom. The molecule has 0 radical (unpaired) electrons. The number of ether oxygens (including phenoxy) is 1. The Morgan fingerprint density at radius 3 is 2.95 bits per heavy atom. The molecule has 2 heterocycles. The number of halogens is 1. The van der Waals surface area contributed by atoms with Gasteiger partial charge >= 0.3 is 0 Å². The summed E-state index contributed by atoms with van der Waals surface area (Å²) in [7, 11) is 0. The van der Waals surface area contributed by atoms with E-state index in [2.05, 4.69) is 31.3 Å². The third-order valence-electron chi connectivity index (χ3n) is 3.04. The van der Waals surface area contributed by atoms with Gasteiger partial charge in [-0.2, -0.15) is 0 Å². The van der Waals surface area contributed by atoms with Crippen LogP contribution >= 0.6 is 15.9 Å². The molecule has 1 amide bonds. The van der Waals surface area contributed by atoms with Gasteiger partial charge in [0.25, 0.3) is 5.91 Å². The fourth-order valence-corrected chi connectivity index (χ4v) is 2.37. The number of hydrogen-bond donors (Lipinski definition) is 2. The zero-order valence-corrected chi connectivity index (χ0v) is 12.5. The van der Waals surface area contributed by atoms with Crippen LogP contribution in [0.15, 0.2) is 35.1 Å². The maximum atomic E-state index is 12.1. The number of nitrogens with two attached hydrogens (primary N) is 1. The van der Waals surface area contributed by atoms with Crippen LogP contribution in [0.5, 0.6) is 5.75 Å². The number of hydrazine groups is 1. The predicted octanol–water partition coefficient (Wildman–Crippen LogP) is 1.45. The van der Waals surface area contributed by atoms with Crippen molar-refractivity contribution in [2.24, 2.45) is 5.84 Å². The number of carbonyl (C=O) groups is 1.